The van der Waals surface area contributed by atoms with Gasteiger partial charge in [0, 0.05) is 6.54 Å². The number of anilines is 1. The van der Waals surface area contributed by atoms with Crippen LogP contribution in [0.15, 0.2) is 34.6 Å². The van der Waals surface area contributed by atoms with Crippen LogP contribution in [-0.4, -0.2) is 59.3 Å². The molecule has 0 amide bonds. The standard InChI is InChI=1S/C18H24N6O2S/c1-23(2)8-5-9-24-17-15(16(19)20-11-21-17)22-18(24)27-14-10-12(25-3)6-7-13(14)26-4/h6-7,10-11H,5,8-9H2,1-4H3,(H2,19,20,21). The Hall–Kier alpha value is -2.52. The number of aryl methyl sites for hydroxylation is 1. The Labute approximate surface area is 162 Å². The van der Waals surface area contributed by atoms with Crippen LogP contribution in [-0.2, 0) is 6.54 Å². The molecule has 0 radical (unpaired) electrons. The van der Waals surface area contributed by atoms with E-state index >= 15 is 0 Å². The normalized spacial score (nSPS) is 11.3. The van der Waals surface area contributed by atoms with Gasteiger partial charge in [0.25, 0.3) is 0 Å². The molecule has 2 aromatic heterocycles. The predicted molar refractivity (Wildman–Crippen MR) is 107 cm³/mol. The molecule has 2 N–H and O–H groups in total. The van der Waals surface area contributed by atoms with Gasteiger partial charge in [-0.1, -0.05) is 0 Å². The fourth-order valence-corrected chi connectivity index (χ4v) is 3.77. The summed E-state index contributed by atoms with van der Waals surface area (Å²) in [4.78, 5) is 16.2. The summed E-state index contributed by atoms with van der Waals surface area (Å²) in [5.74, 6) is 1.89. The molecule has 0 fully saturated rings. The first kappa shape index (κ1) is 19.2. The molecule has 0 spiro atoms. The molecule has 8 nitrogen and oxygen atoms in total. The summed E-state index contributed by atoms with van der Waals surface area (Å²) >= 11 is 1.50. The van der Waals surface area contributed by atoms with Crippen molar-refractivity contribution in [1.29, 1.82) is 0 Å². The van der Waals surface area contributed by atoms with Crippen molar-refractivity contribution in [3.63, 3.8) is 0 Å². The zero-order chi connectivity index (χ0) is 19.4. The van der Waals surface area contributed by atoms with E-state index in [1.165, 1.54) is 18.1 Å². The Morgan fingerprint density at radius 2 is 2.00 bits per heavy atom. The highest BCUT2D eigenvalue weighted by Gasteiger charge is 2.18. The Bertz CT molecular complexity index is 928. The number of rotatable bonds is 8. The van der Waals surface area contributed by atoms with Gasteiger partial charge in [-0.25, -0.2) is 15.0 Å². The van der Waals surface area contributed by atoms with E-state index in [4.69, 9.17) is 20.2 Å². The maximum Gasteiger partial charge on any atom is 0.175 e. The van der Waals surface area contributed by atoms with Crippen molar-refractivity contribution < 1.29 is 9.47 Å². The van der Waals surface area contributed by atoms with Crippen LogP contribution in [0.25, 0.3) is 11.2 Å². The largest absolute Gasteiger partial charge is 0.497 e. The predicted octanol–water partition coefficient (Wildman–Crippen LogP) is 2.53. The monoisotopic (exact) mass is 388 g/mol. The number of benzene rings is 1. The van der Waals surface area contributed by atoms with E-state index in [0.717, 1.165) is 46.7 Å². The zero-order valence-corrected chi connectivity index (χ0v) is 16.8. The van der Waals surface area contributed by atoms with E-state index in [1.54, 1.807) is 14.2 Å². The van der Waals surface area contributed by atoms with Gasteiger partial charge in [-0.3, -0.25) is 0 Å². The van der Waals surface area contributed by atoms with Gasteiger partial charge in [0.2, 0.25) is 0 Å². The first-order valence-corrected chi connectivity index (χ1v) is 9.36. The molecule has 0 aliphatic heterocycles. The third-order valence-corrected chi connectivity index (χ3v) is 5.12. The number of aromatic nitrogens is 4. The molecule has 3 rings (SSSR count). The molecule has 0 saturated heterocycles. The average molecular weight is 388 g/mol. The van der Waals surface area contributed by atoms with Crippen molar-refractivity contribution in [2.24, 2.45) is 0 Å². The number of methoxy groups -OCH3 is 2. The van der Waals surface area contributed by atoms with E-state index < -0.39 is 0 Å². The summed E-state index contributed by atoms with van der Waals surface area (Å²) in [7, 11) is 7.41. The molecule has 1 aromatic carbocycles. The summed E-state index contributed by atoms with van der Waals surface area (Å²) in [5.41, 5.74) is 7.38. The maximum atomic E-state index is 6.02. The highest BCUT2D eigenvalue weighted by atomic mass is 32.2. The van der Waals surface area contributed by atoms with E-state index in [-0.39, 0.29) is 0 Å². The van der Waals surface area contributed by atoms with Crippen LogP contribution in [0.1, 0.15) is 6.42 Å². The summed E-state index contributed by atoms with van der Waals surface area (Å²) < 4.78 is 12.9. The highest BCUT2D eigenvalue weighted by Crippen LogP contribution is 2.38. The molecule has 9 heteroatoms. The van der Waals surface area contributed by atoms with Crippen molar-refractivity contribution in [2.45, 2.75) is 23.0 Å². The maximum absolute atomic E-state index is 6.02. The molecule has 0 atom stereocenters. The minimum Gasteiger partial charge on any atom is -0.497 e. The molecular formula is C18H24N6O2S. The molecule has 0 aliphatic carbocycles. The van der Waals surface area contributed by atoms with Crippen molar-refractivity contribution in [2.75, 3.05) is 40.6 Å². The van der Waals surface area contributed by atoms with Crippen LogP contribution in [0.3, 0.4) is 0 Å². The van der Waals surface area contributed by atoms with Crippen LogP contribution in [0.4, 0.5) is 5.82 Å². The molecule has 2 heterocycles. The van der Waals surface area contributed by atoms with Crippen LogP contribution in [0.5, 0.6) is 11.5 Å². The Kier molecular flexibility index (Phi) is 6.02. The van der Waals surface area contributed by atoms with E-state index in [9.17, 15) is 0 Å². The lowest BCUT2D eigenvalue weighted by atomic mass is 10.3. The number of nitrogen functional groups attached to an aromatic ring is 1. The highest BCUT2D eigenvalue weighted by molar-refractivity contribution is 7.99. The van der Waals surface area contributed by atoms with E-state index in [0.29, 0.717) is 11.3 Å². The smallest absolute Gasteiger partial charge is 0.175 e. The van der Waals surface area contributed by atoms with Gasteiger partial charge in [-0.2, -0.15) is 0 Å². The topological polar surface area (TPSA) is 91.3 Å². The van der Waals surface area contributed by atoms with Crippen molar-refractivity contribution in [1.82, 2.24) is 24.4 Å². The lowest BCUT2D eigenvalue weighted by Crippen LogP contribution is -2.15. The molecule has 0 unspecified atom stereocenters. The van der Waals surface area contributed by atoms with Crippen LogP contribution < -0.4 is 15.2 Å². The molecular weight excluding hydrogens is 364 g/mol. The van der Waals surface area contributed by atoms with Gasteiger partial charge in [-0.05, 0) is 57.0 Å². The molecule has 144 valence electrons. The summed E-state index contributed by atoms with van der Waals surface area (Å²) in [6.45, 7) is 1.74. The minimum atomic E-state index is 0.380. The van der Waals surface area contributed by atoms with Gasteiger partial charge < -0.3 is 24.7 Å². The third kappa shape index (κ3) is 4.25. The number of hydrogen-bond donors (Lipinski definition) is 1. The van der Waals surface area contributed by atoms with Gasteiger partial charge in [-0.15, -0.1) is 0 Å². The minimum absolute atomic E-state index is 0.380. The number of ether oxygens (including phenoxy) is 2. The second-order valence-electron chi connectivity index (χ2n) is 6.25. The second-order valence-corrected chi connectivity index (χ2v) is 7.26. The van der Waals surface area contributed by atoms with Crippen LogP contribution >= 0.6 is 11.8 Å². The van der Waals surface area contributed by atoms with Gasteiger partial charge in [0.05, 0.1) is 19.1 Å². The first-order valence-electron chi connectivity index (χ1n) is 8.54. The lowest BCUT2D eigenvalue weighted by Gasteiger charge is -2.13. The van der Waals surface area contributed by atoms with Gasteiger partial charge in [0.15, 0.2) is 22.1 Å². The molecule has 3 aromatic rings. The molecule has 0 saturated carbocycles. The molecule has 0 aliphatic rings. The molecule has 0 bridgehead atoms. The fraction of sp³-hybridized carbons (Fsp3) is 0.389. The quantitative estimate of drug-likeness (QED) is 0.629. The van der Waals surface area contributed by atoms with Crippen molar-refractivity contribution in [3.8, 4) is 11.5 Å². The summed E-state index contributed by atoms with van der Waals surface area (Å²) in [5, 5.41) is 0.794. The average Bonchev–Trinajstić information content (AvgIpc) is 3.00. The van der Waals surface area contributed by atoms with Crippen molar-refractivity contribution in [3.05, 3.63) is 24.5 Å². The lowest BCUT2D eigenvalue weighted by molar-refractivity contribution is 0.383. The van der Waals surface area contributed by atoms with Crippen molar-refractivity contribution >= 4 is 28.7 Å². The van der Waals surface area contributed by atoms with Gasteiger partial charge >= 0.3 is 0 Å². The van der Waals surface area contributed by atoms with Crippen LogP contribution in [0, 0.1) is 0 Å². The first-order chi connectivity index (χ1) is 13.0. The molecule has 27 heavy (non-hydrogen) atoms. The second kappa shape index (κ2) is 8.45. The summed E-state index contributed by atoms with van der Waals surface area (Å²) in [6.07, 6.45) is 2.44. The number of hydrogen-bond acceptors (Lipinski definition) is 8. The zero-order valence-electron chi connectivity index (χ0n) is 16.0. The number of imidazole rings is 1. The number of nitrogens with two attached hydrogens (primary N) is 1. The van der Waals surface area contributed by atoms with Gasteiger partial charge in [0.1, 0.15) is 17.8 Å². The van der Waals surface area contributed by atoms with E-state index in [2.05, 4.69) is 33.5 Å². The number of nitrogens with zero attached hydrogens (tertiary/aromatic N) is 5. The Balaban J connectivity index is 2.01. The third-order valence-electron chi connectivity index (χ3n) is 4.08. The Morgan fingerprint density at radius 1 is 1.19 bits per heavy atom. The Morgan fingerprint density at radius 3 is 2.70 bits per heavy atom. The fourth-order valence-electron chi connectivity index (χ4n) is 2.72. The van der Waals surface area contributed by atoms with Crippen LogP contribution in [0.2, 0.25) is 0 Å². The summed E-state index contributed by atoms with van der Waals surface area (Å²) in [6, 6.07) is 5.68. The number of fused-ring (bicyclic) bond motifs is 1. The SMILES string of the molecule is COc1ccc(OC)c(Sc2nc3c(N)ncnc3n2CCCN(C)C)c1. The van der Waals surface area contributed by atoms with E-state index in [1.807, 2.05) is 18.2 Å².